The molecule has 1 aliphatic carbocycles. The van der Waals surface area contributed by atoms with Crippen molar-refractivity contribution in [2.75, 3.05) is 7.11 Å². The zero-order valence-electron chi connectivity index (χ0n) is 16.6. The van der Waals surface area contributed by atoms with Crippen LogP contribution in [-0.4, -0.2) is 39.4 Å². The molecule has 2 amide bonds. The minimum absolute atomic E-state index is 0.00110. The van der Waals surface area contributed by atoms with Crippen LogP contribution < -0.4 is 15.6 Å². The highest BCUT2D eigenvalue weighted by Crippen LogP contribution is 2.33. The average molecular weight is 396 g/mol. The number of hydrogen-bond donors (Lipinski definition) is 1. The molecule has 0 radical (unpaired) electrons. The van der Waals surface area contributed by atoms with E-state index in [0.717, 1.165) is 31.4 Å². The number of nitrogens with one attached hydrogen (secondary N) is 1. The van der Waals surface area contributed by atoms with Crippen molar-refractivity contribution in [3.8, 4) is 5.88 Å². The van der Waals surface area contributed by atoms with Crippen LogP contribution in [0.4, 0.5) is 0 Å². The van der Waals surface area contributed by atoms with E-state index in [1.807, 2.05) is 4.90 Å². The molecule has 0 atom stereocenters. The predicted octanol–water partition coefficient (Wildman–Crippen LogP) is 1.62. The number of methoxy groups -OCH3 is 1. The summed E-state index contributed by atoms with van der Waals surface area (Å²) in [6.45, 7) is 0.656. The Bertz CT molecular complexity index is 1020. The molecule has 3 heterocycles. The third-order valence-electron chi connectivity index (χ3n) is 5.72. The first-order valence-electron chi connectivity index (χ1n) is 9.80. The van der Waals surface area contributed by atoms with Crippen molar-refractivity contribution in [3.05, 3.63) is 57.1 Å². The smallest absolute Gasteiger partial charge is 0.256 e. The Hall–Kier alpha value is -3.16. The van der Waals surface area contributed by atoms with Crippen LogP contribution in [0.1, 0.15) is 57.7 Å². The van der Waals surface area contributed by atoms with E-state index in [1.54, 1.807) is 25.4 Å². The summed E-state index contributed by atoms with van der Waals surface area (Å²) >= 11 is 0. The minimum atomic E-state index is -0.371. The van der Waals surface area contributed by atoms with Crippen molar-refractivity contribution in [1.82, 2.24) is 19.8 Å². The van der Waals surface area contributed by atoms with E-state index in [4.69, 9.17) is 4.74 Å². The predicted molar refractivity (Wildman–Crippen MR) is 106 cm³/mol. The van der Waals surface area contributed by atoms with Gasteiger partial charge in [0.05, 0.1) is 24.9 Å². The van der Waals surface area contributed by atoms with Gasteiger partial charge in [0.2, 0.25) is 5.88 Å². The summed E-state index contributed by atoms with van der Waals surface area (Å²) in [5.74, 6) is 0.0273. The van der Waals surface area contributed by atoms with Gasteiger partial charge in [0.15, 0.2) is 0 Å². The van der Waals surface area contributed by atoms with Gasteiger partial charge in [-0.25, -0.2) is 4.98 Å². The van der Waals surface area contributed by atoms with E-state index in [1.165, 1.54) is 17.7 Å². The Morgan fingerprint density at radius 2 is 2.03 bits per heavy atom. The minimum Gasteiger partial charge on any atom is -0.481 e. The number of carbonyl (C=O) groups is 2. The number of ether oxygens (including phenoxy) is 1. The van der Waals surface area contributed by atoms with Gasteiger partial charge < -0.3 is 19.5 Å². The van der Waals surface area contributed by atoms with Gasteiger partial charge >= 0.3 is 0 Å². The molecule has 0 saturated heterocycles. The first-order valence-corrected chi connectivity index (χ1v) is 9.80. The van der Waals surface area contributed by atoms with Crippen LogP contribution in [0.15, 0.2) is 29.2 Å². The van der Waals surface area contributed by atoms with E-state index < -0.39 is 0 Å². The molecule has 0 spiro atoms. The van der Waals surface area contributed by atoms with Gasteiger partial charge in [-0.2, -0.15) is 0 Å². The summed E-state index contributed by atoms with van der Waals surface area (Å²) in [6, 6.07) is 4.92. The molecule has 2 aliphatic rings. The highest BCUT2D eigenvalue weighted by atomic mass is 16.5. The van der Waals surface area contributed by atoms with Gasteiger partial charge in [0.25, 0.3) is 17.4 Å². The second-order valence-electron chi connectivity index (χ2n) is 7.57. The molecule has 4 rings (SSSR count). The average Bonchev–Trinajstić information content (AvgIpc) is 3.35. The molecule has 29 heavy (non-hydrogen) atoms. The molecule has 1 aliphatic heterocycles. The molecule has 0 unspecified atom stereocenters. The lowest BCUT2D eigenvalue weighted by Crippen LogP contribution is -2.33. The standard InChI is InChI=1S/C21H24N4O4/c1-24-8-7-13(10-18(24)26)19(27)22-11-14-9-16-17(23-20(14)29-2)12-25(21(16)28)15-5-3-4-6-15/h7-10,15H,3-6,11-12H2,1-2H3,(H,22,27). The number of fused-ring (bicyclic) bond motifs is 1. The Kier molecular flexibility index (Phi) is 5.08. The second kappa shape index (κ2) is 7.69. The van der Waals surface area contributed by atoms with E-state index in [0.29, 0.717) is 23.6 Å². The van der Waals surface area contributed by atoms with Crippen molar-refractivity contribution >= 4 is 11.8 Å². The number of amides is 2. The zero-order chi connectivity index (χ0) is 20.5. The van der Waals surface area contributed by atoms with Crippen molar-refractivity contribution in [1.29, 1.82) is 0 Å². The normalized spacial score (nSPS) is 16.2. The Morgan fingerprint density at radius 3 is 2.72 bits per heavy atom. The first-order chi connectivity index (χ1) is 14.0. The van der Waals surface area contributed by atoms with Crippen LogP contribution in [0, 0.1) is 0 Å². The lowest BCUT2D eigenvalue weighted by Gasteiger charge is -2.22. The van der Waals surface area contributed by atoms with E-state index in [-0.39, 0.29) is 35.5 Å². The maximum atomic E-state index is 12.9. The van der Waals surface area contributed by atoms with Gasteiger partial charge in [-0.15, -0.1) is 0 Å². The van der Waals surface area contributed by atoms with Crippen LogP contribution in [-0.2, 0) is 20.1 Å². The quantitative estimate of drug-likeness (QED) is 0.829. The fourth-order valence-corrected chi connectivity index (χ4v) is 4.05. The Labute approximate surface area is 168 Å². The Morgan fingerprint density at radius 1 is 1.28 bits per heavy atom. The largest absolute Gasteiger partial charge is 0.481 e. The second-order valence-corrected chi connectivity index (χ2v) is 7.57. The number of aryl methyl sites for hydroxylation is 1. The van der Waals surface area contributed by atoms with Gasteiger partial charge in [0, 0.05) is 43.0 Å². The van der Waals surface area contributed by atoms with Crippen LogP contribution in [0.5, 0.6) is 5.88 Å². The van der Waals surface area contributed by atoms with Gasteiger partial charge in [-0.05, 0) is 25.0 Å². The summed E-state index contributed by atoms with van der Waals surface area (Å²) in [6.07, 6.45) is 5.93. The molecule has 8 heteroatoms. The highest BCUT2D eigenvalue weighted by Gasteiger charge is 2.35. The number of nitrogens with zero attached hydrogens (tertiary/aromatic N) is 3. The van der Waals surface area contributed by atoms with E-state index in [2.05, 4.69) is 10.3 Å². The van der Waals surface area contributed by atoms with Crippen LogP contribution in [0.2, 0.25) is 0 Å². The number of pyridine rings is 2. The summed E-state index contributed by atoms with van der Waals surface area (Å²) in [5, 5.41) is 2.78. The molecule has 0 aromatic carbocycles. The summed E-state index contributed by atoms with van der Waals surface area (Å²) in [5.41, 5.74) is 1.96. The van der Waals surface area contributed by atoms with E-state index >= 15 is 0 Å². The molecule has 2 aromatic rings. The topological polar surface area (TPSA) is 93.5 Å². The lowest BCUT2D eigenvalue weighted by atomic mass is 10.1. The van der Waals surface area contributed by atoms with Gasteiger partial charge in [-0.3, -0.25) is 14.4 Å². The molecule has 1 saturated carbocycles. The number of rotatable bonds is 5. The van der Waals surface area contributed by atoms with Crippen molar-refractivity contribution < 1.29 is 14.3 Å². The molecule has 1 fully saturated rings. The SMILES string of the molecule is COc1nc2c(cc1CNC(=O)c1ccn(C)c(=O)c1)C(=O)N(C1CCCC1)C2. The third kappa shape index (κ3) is 3.62. The maximum Gasteiger partial charge on any atom is 0.256 e. The summed E-state index contributed by atoms with van der Waals surface area (Å²) < 4.78 is 6.79. The molecule has 0 bridgehead atoms. The molecule has 1 N–H and O–H groups in total. The lowest BCUT2D eigenvalue weighted by molar-refractivity contribution is 0.0706. The molecule has 152 valence electrons. The van der Waals surface area contributed by atoms with Crippen molar-refractivity contribution in [3.63, 3.8) is 0 Å². The maximum absolute atomic E-state index is 12.9. The fourth-order valence-electron chi connectivity index (χ4n) is 4.05. The first kappa shape index (κ1) is 19.2. The fraction of sp³-hybridized carbons (Fsp3) is 0.429. The summed E-state index contributed by atoms with van der Waals surface area (Å²) in [4.78, 5) is 43.5. The highest BCUT2D eigenvalue weighted by molar-refractivity contribution is 5.98. The van der Waals surface area contributed by atoms with Gasteiger partial charge in [0.1, 0.15) is 0 Å². The number of hydrogen-bond acceptors (Lipinski definition) is 5. The molecule has 2 aromatic heterocycles. The zero-order valence-corrected chi connectivity index (χ0v) is 16.6. The van der Waals surface area contributed by atoms with Gasteiger partial charge in [-0.1, -0.05) is 12.8 Å². The monoisotopic (exact) mass is 396 g/mol. The van der Waals surface area contributed by atoms with Crippen LogP contribution >= 0.6 is 0 Å². The van der Waals surface area contributed by atoms with Crippen LogP contribution in [0.3, 0.4) is 0 Å². The third-order valence-corrected chi connectivity index (χ3v) is 5.72. The van der Waals surface area contributed by atoms with Crippen molar-refractivity contribution in [2.45, 2.75) is 44.8 Å². The van der Waals surface area contributed by atoms with Crippen LogP contribution in [0.25, 0.3) is 0 Å². The van der Waals surface area contributed by atoms with Crippen molar-refractivity contribution in [2.24, 2.45) is 7.05 Å². The molecular weight excluding hydrogens is 372 g/mol. The molecule has 8 nitrogen and oxygen atoms in total. The van der Waals surface area contributed by atoms with E-state index in [9.17, 15) is 14.4 Å². The number of carbonyl (C=O) groups excluding carboxylic acids is 2. The molecular formula is C21H24N4O4. The Balaban J connectivity index is 1.52. The number of aromatic nitrogens is 2. The summed E-state index contributed by atoms with van der Waals surface area (Å²) in [7, 11) is 3.14.